The van der Waals surface area contributed by atoms with Gasteiger partial charge in [-0.3, -0.25) is 4.79 Å². The average molecular weight is 465 g/mol. The number of alkyl carbamates (subject to hydrolysis) is 1. The van der Waals surface area contributed by atoms with Crippen molar-refractivity contribution in [2.75, 3.05) is 13.2 Å². The third kappa shape index (κ3) is 4.39. The number of carboxylic acid groups (broad SMARTS) is 1. The second-order valence-electron chi connectivity index (χ2n) is 9.34. The molecular formula is C27H32N2O5. The van der Waals surface area contributed by atoms with E-state index >= 15 is 0 Å². The first-order valence-electron chi connectivity index (χ1n) is 12.0. The number of fused-ring (bicyclic) bond motifs is 3. The van der Waals surface area contributed by atoms with E-state index < -0.39 is 23.6 Å². The molecule has 7 nitrogen and oxygen atoms in total. The molecule has 2 aromatic carbocycles. The number of benzene rings is 2. The number of hydrogen-bond donors (Lipinski definition) is 2. The van der Waals surface area contributed by atoms with Gasteiger partial charge in [0.15, 0.2) is 0 Å². The van der Waals surface area contributed by atoms with Crippen LogP contribution in [0.1, 0.15) is 63.0 Å². The second kappa shape index (κ2) is 9.87. The lowest BCUT2D eigenvalue weighted by Gasteiger charge is -2.34. The molecule has 1 aliphatic carbocycles. The lowest BCUT2D eigenvalue weighted by atomic mass is 9.98. The first-order chi connectivity index (χ1) is 16.4. The highest BCUT2D eigenvalue weighted by Crippen LogP contribution is 2.44. The SMILES string of the molecule is CCCCC(NC(=O)OCC1c2ccccc2-c2ccccc21)C(=O)N1CCC[C@@]1(C)C(=O)O. The number of carbonyl (C=O) groups is 3. The predicted molar refractivity (Wildman–Crippen MR) is 129 cm³/mol. The Morgan fingerprint density at radius 1 is 1.12 bits per heavy atom. The van der Waals surface area contributed by atoms with Gasteiger partial charge in [0.25, 0.3) is 0 Å². The second-order valence-corrected chi connectivity index (χ2v) is 9.34. The normalized spacial score (nSPS) is 19.9. The van der Waals surface area contributed by atoms with Crippen LogP contribution in [0.15, 0.2) is 48.5 Å². The molecule has 0 saturated carbocycles. The Morgan fingerprint density at radius 2 is 1.74 bits per heavy atom. The first kappa shape index (κ1) is 23.8. The van der Waals surface area contributed by atoms with Crippen molar-refractivity contribution in [2.24, 2.45) is 0 Å². The fourth-order valence-corrected chi connectivity index (χ4v) is 5.17. The molecule has 1 heterocycles. The molecule has 180 valence electrons. The Bertz CT molecular complexity index is 1040. The van der Waals surface area contributed by atoms with Crippen molar-refractivity contribution in [1.82, 2.24) is 10.2 Å². The predicted octanol–water partition coefficient (Wildman–Crippen LogP) is 4.55. The number of carbonyl (C=O) groups excluding carboxylic acids is 2. The Kier molecular flexibility index (Phi) is 6.91. The molecule has 4 rings (SSSR count). The Morgan fingerprint density at radius 3 is 2.32 bits per heavy atom. The third-order valence-electron chi connectivity index (χ3n) is 7.15. The van der Waals surface area contributed by atoms with Crippen LogP contribution < -0.4 is 5.32 Å². The molecule has 1 saturated heterocycles. The maximum atomic E-state index is 13.3. The fraction of sp³-hybridized carbons (Fsp3) is 0.444. The summed E-state index contributed by atoms with van der Waals surface area (Å²) in [6.45, 7) is 4.11. The minimum atomic E-state index is -1.25. The number of ether oxygens (including phenoxy) is 1. The van der Waals surface area contributed by atoms with Gasteiger partial charge in [-0.2, -0.15) is 0 Å². The standard InChI is InChI=1S/C27H32N2O5/c1-3-4-14-23(24(30)29-16-9-15-27(29,2)25(31)32)28-26(33)34-17-22-20-12-7-5-10-18(20)19-11-6-8-13-21(19)22/h5-8,10-13,22-23H,3-4,9,14-17H2,1-2H3,(H,28,33)(H,31,32)/t23?,27-/m0/s1. The molecule has 2 N–H and O–H groups in total. The van der Waals surface area contributed by atoms with Crippen molar-refractivity contribution in [1.29, 1.82) is 0 Å². The number of nitrogens with zero attached hydrogens (tertiary/aromatic N) is 1. The number of nitrogens with one attached hydrogen (secondary N) is 1. The zero-order valence-electron chi connectivity index (χ0n) is 19.8. The van der Waals surface area contributed by atoms with Crippen molar-refractivity contribution in [2.45, 2.75) is 63.5 Å². The topological polar surface area (TPSA) is 95.9 Å². The maximum Gasteiger partial charge on any atom is 0.407 e. The molecule has 0 radical (unpaired) electrons. The van der Waals surface area contributed by atoms with Gasteiger partial charge in [-0.05, 0) is 48.4 Å². The van der Waals surface area contributed by atoms with Gasteiger partial charge in [0, 0.05) is 12.5 Å². The van der Waals surface area contributed by atoms with Crippen LogP contribution in [0.2, 0.25) is 0 Å². The molecule has 0 spiro atoms. The summed E-state index contributed by atoms with van der Waals surface area (Å²) in [7, 11) is 0. The van der Waals surface area contributed by atoms with Crippen LogP contribution in [0.25, 0.3) is 11.1 Å². The van der Waals surface area contributed by atoms with Crippen LogP contribution in [0.5, 0.6) is 0 Å². The first-order valence-corrected chi connectivity index (χ1v) is 12.0. The van der Waals surface area contributed by atoms with Crippen LogP contribution in [0.4, 0.5) is 4.79 Å². The van der Waals surface area contributed by atoms with Gasteiger partial charge in [0.05, 0.1) is 0 Å². The molecule has 1 fully saturated rings. The summed E-state index contributed by atoms with van der Waals surface area (Å²) in [5, 5.41) is 12.4. The highest BCUT2D eigenvalue weighted by molar-refractivity contribution is 5.91. The highest BCUT2D eigenvalue weighted by Gasteiger charge is 2.47. The average Bonchev–Trinajstić information content (AvgIpc) is 3.39. The zero-order valence-corrected chi connectivity index (χ0v) is 19.8. The van der Waals surface area contributed by atoms with E-state index in [9.17, 15) is 19.5 Å². The molecule has 1 unspecified atom stereocenters. The van der Waals surface area contributed by atoms with Crippen molar-refractivity contribution in [3.63, 3.8) is 0 Å². The summed E-state index contributed by atoms with van der Waals surface area (Å²) in [5.41, 5.74) is 3.27. The lowest BCUT2D eigenvalue weighted by Crippen LogP contribution is -2.57. The summed E-state index contributed by atoms with van der Waals surface area (Å²) < 4.78 is 5.63. The zero-order chi connectivity index (χ0) is 24.3. The number of unbranched alkanes of at least 4 members (excludes halogenated alkanes) is 1. The minimum absolute atomic E-state index is 0.0724. The van der Waals surface area contributed by atoms with Gasteiger partial charge in [0.1, 0.15) is 18.2 Å². The van der Waals surface area contributed by atoms with Crippen LogP contribution in [0.3, 0.4) is 0 Å². The molecule has 7 heteroatoms. The van der Waals surface area contributed by atoms with Gasteiger partial charge in [-0.1, -0.05) is 68.3 Å². The molecule has 0 aromatic heterocycles. The summed E-state index contributed by atoms with van der Waals surface area (Å²) in [6.07, 6.45) is 2.39. The van der Waals surface area contributed by atoms with Gasteiger partial charge >= 0.3 is 12.1 Å². The van der Waals surface area contributed by atoms with Gasteiger partial charge < -0.3 is 20.1 Å². The van der Waals surface area contributed by atoms with E-state index in [0.717, 1.165) is 35.1 Å². The molecule has 2 amide bonds. The van der Waals surface area contributed by atoms with E-state index in [4.69, 9.17) is 4.74 Å². The van der Waals surface area contributed by atoms with Crippen LogP contribution in [0, 0.1) is 0 Å². The summed E-state index contributed by atoms with van der Waals surface area (Å²) >= 11 is 0. The lowest BCUT2D eigenvalue weighted by molar-refractivity contribution is -0.156. The van der Waals surface area contributed by atoms with E-state index in [-0.39, 0.29) is 18.4 Å². The van der Waals surface area contributed by atoms with E-state index in [1.165, 1.54) is 4.90 Å². The summed E-state index contributed by atoms with van der Waals surface area (Å²) in [6, 6.07) is 15.4. The van der Waals surface area contributed by atoms with E-state index in [1.807, 2.05) is 31.2 Å². The highest BCUT2D eigenvalue weighted by atomic mass is 16.5. The van der Waals surface area contributed by atoms with Gasteiger partial charge in [-0.25, -0.2) is 9.59 Å². The van der Waals surface area contributed by atoms with Crippen molar-refractivity contribution in [3.05, 3.63) is 59.7 Å². The molecule has 2 aromatic rings. The van der Waals surface area contributed by atoms with Gasteiger partial charge in [-0.15, -0.1) is 0 Å². The van der Waals surface area contributed by atoms with Crippen molar-refractivity contribution >= 4 is 18.0 Å². The van der Waals surface area contributed by atoms with Crippen LogP contribution in [-0.4, -0.2) is 52.7 Å². The number of amides is 2. The molecule has 34 heavy (non-hydrogen) atoms. The molecule has 0 bridgehead atoms. The number of rotatable bonds is 8. The van der Waals surface area contributed by atoms with Crippen molar-refractivity contribution < 1.29 is 24.2 Å². The fourth-order valence-electron chi connectivity index (χ4n) is 5.17. The van der Waals surface area contributed by atoms with Crippen molar-refractivity contribution in [3.8, 4) is 11.1 Å². The molecule has 2 atom stereocenters. The smallest absolute Gasteiger partial charge is 0.407 e. The number of likely N-dealkylation sites (tertiary alicyclic amines) is 1. The molecular weight excluding hydrogens is 432 g/mol. The Labute approximate surface area is 200 Å². The van der Waals surface area contributed by atoms with E-state index in [2.05, 4.69) is 29.6 Å². The molecule has 2 aliphatic rings. The van der Waals surface area contributed by atoms with Gasteiger partial charge in [0.2, 0.25) is 5.91 Å². The van der Waals surface area contributed by atoms with Crippen LogP contribution >= 0.6 is 0 Å². The summed E-state index contributed by atoms with van der Waals surface area (Å²) in [4.78, 5) is 39.3. The Hall–Kier alpha value is -3.35. The largest absolute Gasteiger partial charge is 0.480 e. The Balaban J connectivity index is 1.45. The van der Waals surface area contributed by atoms with Crippen LogP contribution in [-0.2, 0) is 14.3 Å². The quantitative estimate of drug-likeness (QED) is 0.598. The minimum Gasteiger partial charge on any atom is -0.480 e. The van der Waals surface area contributed by atoms with E-state index in [0.29, 0.717) is 25.8 Å². The number of carboxylic acids is 1. The summed E-state index contributed by atoms with van der Waals surface area (Å²) in [5.74, 6) is -1.45. The number of hydrogen-bond acceptors (Lipinski definition) is 4. The molecule has 1 aliphatic heterocycles. The third-order valence-corrected chi connectivity index (χ3v) is 7.15. The number of aliphatic carboxylic acids is 1. The monoisotopic (exact) mass is 464 g/mol. The maximum absolute atomic E-state index is 13.3. The van der Waals surface area contributed by atoms with E-state index in [1.54, 1.807) is 6.92 Å².